The summed E-state index contributed by atoms with van der Waals surface area (Å²) in [6.07, 6.45) is -4.35. The first kappa shape index (κ1) is 12.0. The summed E-state index contributed by atoms with van der Waals surface area (Å²) < 4.78 is 37.5. The molecule has 15 heavy (non-hydrogen) atoms. The molecular formula is C11H12F3O. The van der Waals surface area contributed by atoms with Crippen LogP contribution in [0.5, 0.6) is 0 Å². The molecule has 0 aliphatic rings. The predicted molar refractivity (Wildman–Crippen MR) is 51.4 cm³/mol. The van der Waals surface area contributed by atoms with Gasteiger partial charge in [0.05, 0.1) is 5.56 Å². The van der Waals surface area contributed by atoms with Crippen molar-refractivity contribution in [2.24, 2.45) is 0 Å². The molecule has 0 aliphatic carbocycles. The Morgan fingerprint density at radius 2 is 2.00 bits per heavy atom. The number of hydrogen-bond acceptors (Lipinski definition) is 1. The van der Waals surface area contributed by atoms with E-state index in [1.54, 1.807) is 6.07 Å². The first-order chi connectivity index (χ1) is 6.86. The lowest BCUT2D eigenvalue weighted by molar-refractivity contribution is -0.138. The molecule has 1 nitrogen and oxygen atoms in total. The Kier molecular flexibility index (Phi) is 3.39. The summed E-state index contributed by atoms with van der Waals surface area (Å²) in [5, 5.41) is 8.81. The van der Waals surface area contributed by atoms with Gasteiger partial charge in [0.2, 0.25) is 0 Å². The molecule has 1 radical (unpaired) electrons. The summed E-state index contributed by atoms with van der Waals surface area (Å²) in [5.41, 5.74) is -0.0890. The van der Waals surface area contributed by atoms with Gasteiger partial charge in [-0.25, -0.2) is 0 Å². The third kappa shape index (κ3) is 2.72. The van der Waals surface area contributed by atoms with Gasteiger partial charge < -0.3 is 5.11 Å². The van der Waals surface area contributed by atoms with E-state index in [9.17, 15) is 13.2 Å². The monoisotopic (exact) mass is 217 g/mol. The molecule has 0 bridgehead atoms. The molecule has 4 heteroatoms. The largest absolute Gasteiger partial charge is 0.416 e. The summed E-state index contributed by atoms with van der Waals surface area (Å²) in [6.45, 7) is 4.71. The zero-order valence-electron chi connectivity index (χ0n) is 8.30. The minimum atomic E-state index is -4.35. The Balaban J connectivity index is 3.17. The topological polar surface area (TPSA) is 20.2 Å². The van der Waals surface area contributed by atoms with Crippen LogP contribution in [0.15, 0.2) is 18.2 Å². The van der Waals surface area contributed by atoms with Crippen LogP contribution < -0.4 is 0 Å². The quantitative estimate of drug-likeness (QED) is 0.807. The van der Waals surface area contributed by atoms with Crippen LogP contribution in [-0.2, 0) is 6.18 Å². The van der Waals surface area contributed by atoms with E-state index >= 15 is 0 Å². The van der Waals surface area contributed by atoms with Crippen molar-refractivity contribution in [2.45, 2.75) is 19.0 Å². The van der Waals surface area contributed by atoms with Gasteiger partial charge in [-0.2, -0.15) is 13.2 Å². The number of hydrogen-bond donors (Lipinski definition) is 1. The smallest absolute Gasteiger partial charge is 0.396 e. The van der Waals surface area contributed by atoms with Crippen molar-refractivity contribution < 1.29 is 18.3 Å². The molecule has 1 aromatic rings. The molecule has 0 amide bonds. The summed E-state index contributed by atoms with van der Waals surface area (Å²) >= 11 is 0. The Morgan fingerprint density at radius 1 is 1.40 bits per heavy atom. The Morgan fingerprint density at radius 3 is 2.47 bits per heavy atom. The van der Waals surface area contributed by atoms with Crippen LogP contribution >= 0.6 is 0 Å². The first-order valence-corrected chi connectivity index (χ1v) is 4.48. The van der Waals surface area contributed by atoms with Crippen molar-refractivity contribution in [1.29, 1.82) is 0 Å². The maximum Gasteiger partial charge on any atom is 0.416 e. The van der Waals surface area contributed by atoms with Crippen LogP contribution in [0.4, 0.5) is 13.2 Å². The summed E-state index contributed by atoms with van der Waals surface area (Å²) in [7, 11) is 0. The van der Waals surface area contributed by atoms with Crippen molar-refractivity contribution in [3.8, 4) is 0 Å². The van der Waals surface area contributed by atoms with E-state index in [0.717, 1.165) is 6.07 Å². The van der Waals surface area contributed by atoms with Gasteiger partial charge in [-0.1, -0.05) is 12.1 Å². The third-order valence-electron chi connectivity index (χ3n) is 2.26. The number of benzene rings is 1. The first-order valence-electron chi connectivity index (χ1n) is 4.48. The number of halogens is 3. The van der Waals surface area contributed by atoms with Gasteiger partial charge in [0.15, 0.2) is 0 Å². The lowest BCUT2D eigenvalue weighted by Gasteiger charge is -2.14. The predicted octanol–water partition coefficient (Wildman–Crippen LogP) is 2.92. The molecular weight excluding hydrogens is 205 g/mol. The minimum Gasteiger partial charge on any atom is -0.396 e. The van der Waals surface area contributed by atoms with E-state index in [0.29, 0.717) is 5.56 Å². The average Bonchev–Trinajstić information content (AvgIpc) is 2.15. The van der Waals surface area contributed by atoms with Crippen LogP contribution in [0.3, 0.4) is 0 Å². The number of alkyl halides is 3. The fourth-order valence-corrected chi connectivity index (χ4v) is 1.30. The van der Waals surface area contributed by atoms with Gasteiger partial charge in [0.25, 0.3) is 0 Å². The molecule has 0 saturated heterocycles. The molecule has 0 aliphatic heterocycles. The average molecular weight is 217 g/mol. The molecule has 0 spiro atoms. The molecule has 1 aromatic carbocycles. The van der Waals surface area contributed by atoms with Gasteiger partial charge >= 0.3 is 6.18 Å². The Hall–Kier alpha value is -1.03. The summed E-state index contributed by atoms with van der Waals surface area (Å²) in [4.78, 5) is 0. The molecule has 83 valence electrons. The van der Waals surface area contributed by atoms with Crippen molar-refractivity contribution in [3.05, 3.63) is 41.8 Å². The van der Waals surface area contributed by atoms with E-state index in [4.69, 9.17) is 5.11 Å². The Labute approximate surface area is 86.5 Å². The molecule has 1 rings (SSSR count). The van der Waals surface area contributed by atoms with Crippen molar-refractivity contribution in [2.75, 3.05) is 6.61 Å². The standard InChI is InChI=1S/C11H12F3O/c1-7-3-4-9(8(2)6-15)5-10(7)11(12,13)14/h3-5,8,15H,2,6H2,1H3. The van der Waals surface area contributed by atoms with Crippen LogP contribution in [0.25, 0.3) is 0 Å². The second kappa shape index (κ2) is 4.23. The number of rotatable bonds is 2. The maximum atomic E-state index is 12.5. The minimum absolute atomic E-state index is 0.177. The lowest BCUT2D eigenvalue weighted by atomic mass is 9.97. The van der Waals surface area contributed by atoms with Crippen LogP contribution in [0.1, 0.15) is 22.6 Å². The fraction of sp³-hybridized carbons (Fsp3) is 0.364. The van der Waals surface area contributed by atoms with E-state index in [1.807, 2.05) is 0 Å². The van der Waals surface area contributed by atoms with Crippen LogP contribution in [-0.4, -0.2) is 11.7 Å². The number of aliphatic hydroxyl groups is 1. The van der Waals surface area contributed by atoms with Crippen molar-refractivity contribution >= 4 is 0 Å². The third-order valence-corrected chi connectivity index (χ3v) is 2.26. The fourth-order valence-electron chi connectivity index (χ4n) is 1.30. The second-order valence-corrected chi connectivity index (χ2v) is 3.45. The molecule has 0 saturated carbocycles. The molecule has 0 heterocycles. The van der Waals surface area contributed by atoms with Gasteiger partial charge in [-0.3, -0.25) is 0 Å². The number of aryl methyl sites for hydroxylation is 1. The zero-order chi connectivity index (χ0) is 11.6. The SMILES string of the molecule is [CH2]C(CO)c1ccc(C)c(C(F)(F)F)c1. The second-order valence-electron chi connectivity index (χ2n) is 3.45. The Bertz CT molecular complexity index is 344. The van der Waals surface area contributed by atoms with E-state index in [2.05, 4.69) is 6.92 Å². The molecule has 0 fully saturated rings. The van der Waals surface area contributed by atoms with Crippen LogP contribution in [0.2, 0.25) is 0 Å². The molecule has 1 N–H and O–H groups in total. The normalized spacial score (nSPS) is 14.0. The highest BCUT2D eigenvalue weighted by Crippen LogP contribution is 2.33. The van der Waals surface area contributed by atoms with E-state index < -0.39 is 17.7 Å². The van der Waals surface area contributed by atoms with Gasteiger partial charge in [-0.15, -0.1) is 0 Å². The van der Waals surface area contributed by atoms with E-state index in [1.165, 1.54) is 13.0 Å². The van der Waals surface area contributed by atoms with E-state index in [-0.39, 0.29) is 12.2 Å². The molecule has 0 aromatic heterocycles. The number of aliphatic hydroxyl groups excluding tert-OH is 1. The summed E-state index contributed by atoms with van der Waals surface area (Å²) in [5.74, 6) is -0.522. The highest BCUT2D eigenvalue weighted by molar-refractivity contribution is 5.35. The highest BCUT2D eigenvalue weighted by atomic mass is 19.4. The van der Waals surface area contributed by atoms with Crippen molar-refractivity contribution in [3.63, 3.8) is 0 Å². The van der Waals surface area contributed by atoms with Gasteiger partial charge in [0.1, 0.15) is 0 Å². The summed E-state index contributed by atoms with van der Waals surface area (Å²) in [6, 6.07) is 3.99. The highest BCUT2D eigenvalue weighted by Gasteiger charge is 2.32. The maximum absolute atomic E-state index is 12.5. The molecule has 1 unspecified atom stereocenters. The lowest BCUT2D eigenvalue weighted by Crippen LogP contribution is -2.09. The zero-order valence-corrected chi connectivity index (χ0v) is 8.30. The van der Waals surface area contributed by atoms with Crippen molar-refractivity contribution in [1.82, 2.24) is 0 Å². The molecule has 1 atom stereocenters. The van der Waals surface area contributed by atoms with Gasteiger partial charge in [0, 0.05) is 12.5 Å². The van der Waals surface area contributed by atoms with Crippen LogP contribution in [0, 0.1) is 13.8 Å². The van der Waals surface area contributed by atoms with Gasteiger partial charge in [-0.05, 0) is 31.0 Å².